The first-order valence-corrected chi connectivity index (χ1v) is 6.82. The van der Waals surface area contributed by atoms with E-state index in [1.807, 2.05) is 18.2 Å². The molecule has 1 aliphatic carbocycles. The van der Waals surface area contributed by atoms with Gasteiger partial charge in [0.25, 0.3) is 0 Å². The van der Waals surface area contributed by atoms with E-state index in [9.17, 15) is 5.11 Å². The summed E-state index contributed by atoms with van der Waals surface area (Å²) in [5.74, 6) is 0. The summed E-state index contributed by atoms with van der Waals surface area (Å²) in [4.78, 5) is 6.63. The Bertz CT molecular complexity index is 581. The Labute approximate surface area is 112 Å². The minimum Gasteiger partial charge on any atom is -0.396 e. The van der Waals surface area contributed by atoms with Crippen LogP contribution in [-0.2, 0) is 0 Å². The van der Waals surface area contributed by atoms with Gasteiger partial charge in [0.05, 0.1) is 29.7 Å². The van der Waals surface area contributed by atoms with Crippen molar-refractivity contribution in [2.45, 2.75) is 25.3 Å². The van der Waals surface area contributed by atoms with Crippen LogP contribution in [0, 0.1) is 0 Å². The molecule has 0 atom stereocenters. The van der Waals surface area contributed by atoms with Crippen LogP contribution in [0.25, 0.3) is 10.9 Å². The van der Waals surface area contributed by atoms with E-state index in [0.29, 0.717) is 18.3 Å². The summed E-state index contributed by atoms with van der Waals surface area (Å²) < 4.78 is 0. The Morgan fingerprint density at radius 2 is 2.11 bits per heavy atom. The summed E-state index contributed by atoms with van der Waals surface area (Å²) in [7, 11) is 0. The number of hydrogen-bond acceptors (Lipinski definition) is 4. The molecule has 1 saturated carbocycles. The molecule has 2 aromatic rings. The second kappa shape index (κ2) is 5.05. The Hall–Kier alpha value is -1.81. The van der Waals surface area contributed by atoms with Crippen molar-refractivity contribution in [3.63, 3.8) is 0 Å². The number of hydrogen-bond donors (Lipinski definition) is 2. The lowest BCUT2D eigenvalue weighted by Gasteiger charge is -2.40. The topological polar surface area (TPSA) is 62.4 Å². The zero-order valence-electron chi connectivity index (χ0n) is 10.9. The Kier molecular flexibility index (Phi) is 3.25. The van der Waals surface area contributed by atoms with Gasteiger partial charge in [-0.1, -0.05) is 18.2 Å². The molecule has 1 aliphatic rings. The molecule has 0 aliphatic heterocycles. The number of aliphatic hydroxyl groups excluding tert-OH is 1. The maximum atomic E-state index is 9.33. The van der Waals surface area contributed by atoms with Gasteiger partial charge in [0.1, 0.15) is 0 Å². The standard InChI is InChI=1S/C15H19N3O/c16-13-10-17-14-7-2-1-6-12(14)15(13)18(8-9-19)11-4-3-5-11/h1-2,6-7,10-11,19H,3-5,8-9,16H2. The van der Waals surface area contributed by atoms with Crippen LogP contribution >= 0.6 is 0 Å². The zero-order valence-corrected chi connectivity index (χ0v) is 10.9. The number of nitrogens with zero attached hydrogens (tertiary/aromatic N) is 2. The molecule has 0 spiro atoms. The van der Waals surface area contributed by atoms with Crippen molar-refractivity contribution in [1.29, 1.82) is 0 Å². The van der Waals surface area contributed by atoms with Crippen LogP contribution in [-0.4, -0.2) is 29.3 Å². The lowest BCUT2D eigenvalue weighted by atomic mass is 9.90. The molecule has 3 rings (SSSR count). The summed E-state index contributed by atoms with van der Waals surface area (Å²) in [5.41, 5.74) is 8.83. The lowest BCUT2D eigenvalue weighted by molar-refractivity contribution is 0.284. The highest BCUT2D eigenvalue weighted by Crippen LogP contribution is 2.37. The monoisotopic (exact) mass is 257 g/mol. The minimum absolute atomic E-state index is 0.145. The van der Waals surface area contributed by atoms with Gasteiger partial charge in [-0.15, -0.1) is 0 Å². The third-order valence-corrected chi connectivity index (χ3v) is 3.92. The number of anilines is 2. The third-order valence-electron chi connectivity index (χ3n) is 3.92. The van der Waals surface area contributed by atoms with E-state index < -0.39 is 0 Å². The average molecular weight is 257 g/mol. The molecule has 0 amide bonds. The normalized spacial score (nSPS) is 15.4. The SMILES string of the molecule is Nc1cnc2ccccc2c1N(CCO)C1CCC1. The lowest BCUT2D eigenvalue weighted by Crippen LogP contribution is -2.42. The van der Waals surface area contributed by atoms with E-state index in [4.69, 9.17) is 5.73 Å². The molecule has 4 nitrogen and oxygen atoms in total. The van der Waals surface area contributed by atoms with Gasteiger partial charge < -0.3 is 15.7 Å². The zero-order chi connectivity index (χ0) is 13.2. The van der Waals surface area contributed by atoms with Gasteiger partial charge in [-0.25, -0.2) is 0 Å². The van der Waals surface area contributed by atoms with Crippen molar-refractivity contribution in [2.75, 3.05) is 23.8 Å². The van der Waals surface area contributed by atoms with Gasteiger partial charge in [-0.05, 0) is 25.3 Å². The molecule has 4 heteroatoms. The van der Waals surface area contributed by atoms with Crippen LogP contribution in [0.2, 0.25) is 0 Å². The summed E-state index contributed by atoms with van der Waals surface area (Å²) >= 11 is 0. The molecule has 0 unspecified atom stereocenters. The molecule has 100 valence electrons. The van der Waals surface area contributed by atoms with E-state index in [0.717, 1.165) is 16.6 Å². The van der Waals surface area contributed by atoms with E-state index in [2.05, 4.69) is 16.0 Å². The molecule has 1 fully saturated rings. The van der Waals surface area contributed by atoms with Gasteiger partial charge in [0.15, 0.2) is 0 Å². The van der Waals surface area contributed by atoms with Gasteiger partial charge in [-0.2, -0.15) is 0 Å². The fourth-order valence-corrected chi connectivity index (χ4v) is 2.75. The first-order valence-electron chi connectivity index (χ1n) is 6.82. The largest absolute Gasteiger partial charge is 0.396 e. The maximum Gasteiger partial charge on any atom is 0.0745 e. The molecule has 1 aromatic heterocycles. The predicted octanol–water partition coefficient (Wildman–Crippen LogP) is 2.17. The minimum atomic E-state index is 0.145. The summed E-state index contributed by atoms with van der Waals surface area (Å²) in [5, 5.41) is 10.4. The van der Waals surface area contributed by atoms with Crippen LogP contribution in [0.1, 0.15) is 19.3 Å². The maximum absolute atomic E-state index is 9.33. The quantitative estimate of drug-likeness (QED) is 0.881. The average Bonchev–Trinajstić information content (AvgIpc) is 2.36. The molecule has 1 aromatic carbocycles. The molecule has 1 heterocycles. The predicted molar refractivity (Wildman–Crippen MR) is 78.2 cm³/mol. The number of pyridine rings is 1. The Morgan fingerprint density at radius 1 is 1.32 bits per heavy atom. The fraction of sp³-hybridized carbons (Fsp3) is 0.400. The van der Waals surface area contributed by atoms with Gasteiger partial charge in [0, 0.05) is 18.0 Å². The highest BCUT2D eigenvalue weighted by molar-refractivity contribution is 5.97. The second-order valence-corrected chi connectivity index (χ2v) is 5.08. The Morgan fingerprint density at radius 3 is 2.79 bits per heavy atom. The number of fused-ring (bicyclic) bond motifs is 1. The van der Waals surface area contributed by atoms with Crippen LogP contribution in [0.15, 0.2) is 30.5 Å². The number of nitrogens with two attached hydrogens (primary N) is 1. The van der Waals surface area contributed by atoms with E-state index in [1.54, 1.807) is 6.20 Å². The number of aliphatic hydroxyl groups is 1. The smallest absolute Gasteiger partial charge is 0.0745 e. The van der Waals surface area contributed by atoms with Crippen molar-refractivity contribution in [3.8, 4) is 0 Å². The molecule has 0 saturated heterocycles. The van der Waals surface area contributed by atoms with E-state index in [1.165, 1.54) is 19.3 Å². The Balaban J connectivity index is 2.12. The molecular weight excluding hydrogens is 238 g/mol. The van der Waals surface area contributed by atoms with Gasteiger partial charge in [-0.3, -0.25) is 4.98 Å². The van der Waals surface area contributed by atoms with Crippen LogP contribution in [0.4, 0.5) is 11.4 Å². The second-order valence-electron chi connectivity index (χ2n) is 5.08. The first kappa shape index (κ1) is 12.2. The van der Waals surface area contributed by atoms with Gasteiger partial charge in [0.2, 0.25) is 0 Å². The highest BCUT2D eigenvalue weighted by atomic mass is 16.3. The fourth-order valence-electron chi connectivity index (χ4n) is 2.75. The highest BCUT2D eigenvalue weighted by Gasteiger charge is 2.27. The van der Waals surface area contributed by atoms with E-state index in [-0.39, 0.29) is 6.61 Å². The first-order chi connectivity index (χ1) is 9.31. The van der Waals surface area contributed by atoms with Crippen molar-refractivity contribution in [2.24, 2.45) is 0 Å². The summed E-state index contributed by atoms with van der Waals surface area (Å²) in [6.45, 7) is 0.773. The molecule has 0 radical (unpaired) electrons. The van der Waals surface area contributed by atoms with Crippen LogP contribution in [0.5, 0.6) is 0 Å². The molecule has 19 heavy (non-hydrogen) atoms. The molecular formula is C15H19N3O. The van der Waals surface area contributed by atoms with Crippen molar-refractivity contribution < 1.29 is 5.11 Å². The van der Waals surface area contributed by atoms with Crippen LogP contribution in [0.3, 0.4) is 0 Å². The van der Waals surface area contributed by atoms with E-state index >= 15 is 0 Å². The number of rotatable bonds is 4. The van der Waals surface area contributed by atoms with Crippen molar-refractivity contribution in [1.82, 2.24) is 4.98 Å². The summed E-state index contributed by atoms with van der Waals surface area (Å²) in [6, 6.07) is 8.54. The van der Waals surface area contributed by atoms with Crippen LogP contribution < -0.4 is 10.6 Å². The molecule has 3 N–H and O–H groups in total. The molecule has 0 bridgehead atoms. The third kappa shape index (κ3) is 2.12. The number of para-hydroxylation sites is 1. The number of aromatic nitrogens is 1. The number of nitrogen functional groups attached to an aromatic ring is 1. The summed E-state index contributed by atoms with van der Waals surface area (Å²) in [6.07, 6.45) is 5.34. The number of benzene rings is 1. The van der Waals surface area contributed by atoms with Gasteiger partial charge >= 0.3 is 0 Å². The van der Waals surface area contributed by atoms with Crippen molar-refractivity contribution in [3.05, 3.63) is 30.5 Å². The van der Waals surface area contributed by atoms with Crippen molar-refractivity contribution >= 4 is 22.3 Å².